The minimum absolute atomic E-state index is 0.373. The number of methoxy groups -OCH3 is 1. The Morgan fingerprint density at radius 2 is 2.24 bits per heavy atom. The van der Waals surface area contributed by atoms with Crippen LogP contribution in [0.4, 0.5) is 5.82 Å². The lowest BCUT2D eigenvalue weighted by molar-refractivity contribution is 0.182. The number of nitrogens with one attached hydrogen (secondary N) is 1. The number of anilines is 1. The van der Waals surface area contributed by atoms with E-state index in [1.165, 1.54) is 0 Å². The molecule has 3 aromatic heterocycles. The molecule has 3 N–H and O–H groups in total. The van der Waals surface area contributed by atoms with Gasteiger partial charge < -0.3 is 10.5 Å². The van der Waals surface area contributed by atoms with E-state index in [4.69, 9.17) is 10.5 Å². The van der Waals surface area contributed by atoms with Crippen LogP contribution in [-0.2, 0) is 11.3 Å². The topological polar surface area (TPSA) is 94.6 Å². The third kappa shape index (κ3) is 1.80. The van der Waals surface area contributed by atoms with Crippen LogP contribution in [0.3, 0.4) is 0 Å². The molecule has 4 aromatic rings. The molecule has 0 aliphatic carbocycles. The number of hydrogen-bond donors (Lipinski definition) is 2. The van der Waals surface area contributed by atoms with E-state index in [1.807, 2.05) is 24.3 Å². The van der Waals surface area contributed by atoms with Gasteiger partial charge in [0.25, 0.3) is 0 Å². The molecule has 106 valence electrons. The number of aromatic amines is 1. The lowest BCUT2D eigenvalue weighted by Crippen LogP contribution is -1.99. The number of nitrogens with two attached hydrogens (primary N) is 1. The molecule has 0 aliphatic rings. The van der Waals surface area contributed by atoms with E-state index in [0.29, 0.717) is 18.1 Å². The van der Waals surface area contributed by atoms with Crippen molar-refractivity contribution in [1.29, 1.82) is 0 Å². The van der Waals surface area contributed by atoms with Gasteiger partial charge in [-0.3, -0.25) is 5.10 Å². The average Bonchev–Trinajstić information content (AvgIpc) is 3.15. The minimum atomic E-state index is 0.373. The number of nitrogens with zero attached hydrogens (tertiary/aromatic N) is 4. The van der Waals surface area contributed by atoms with Crippen molar-refractivity contribution in [3.8, 4) is 5.13 Å². The fraction of sp³-hybridized carbons (Fsp3) is 0.154. The molecule has 0 radical (unpaired) electrons. The van der Waals surface area contributed by atoms with E-state index >= 15 is 0 Å². The smallest absolute Gasteiger partial charge is 0.213 e. The molecule has 0 saturated heterocycles. The van der Waals surface area contributed by atoms with Crippen LogP contribution in [0.15, 0.2) is 24.3 Å². The minimum Gasteiger partial charge on any atom is -0.383 e. The summed E-state index contributed by atoms with van der Waals surface area (Å²) < 4.78 is 7.99. The highest BCUT2D eigenvalue weighted by molar-refractivity contribution is 7.20. The summed E-state index contributed by atoms with van der Waals surface area (Å²) in [6.45, 7) is 0.373. The number of aromatic nitrogens is 5. The lowest BCUT2D eigenvalue weighted by Gasteiger charge is -1.95. The summed E-state index contributed by atoms with van der Waals surface area (Å²) in [4.78, 5) is 4.60. The van der Waals surface area contributed by atoms with E-state index in [2.05, 4.69) is 20.3 Å². The highest BCUT2D eigenvalue weighted by Crippen LogP contribution is 2.29. The van der Waals surface area contributed by atoms with Crippen molar-refractivity contribution in [2.45, 2.75) is 6.61 Å². The van der Waals surface area contributed by atoms with Crippen molar-refractivity contribution < 1.29 is 4.74 Å². The van der Waals surface area contributed by atoms with Crippen molar-refractivity contribution in [3.63, 3.8) is 0 Å². The molecule has 0 unspecified atom stereocenters. The first-order chi connectivity index (χ1) is 10.3. The molecule has 0 spiro atoms. The SMILES string of the molecule is COCc1nn(-c2nc3ccccc3s2)c2n[nH]c(N)c12. The molecule has 0 amide bonds. The van der Waals surface area contributed by atoms with E-state index in [9.17, 15) is 0 Å². The number of hydrogen-bond acceptors (Lipinski definition) is 6. The van der Waals surface area contributed by atoms with Crippen molar-refractivity contribution in [3.05, 3.63) is 30.0 Å². The standard InChI is InChI=1S/C13H12N6OS/c1-20-6-8-10-11(14)16-17-12(10)19(18-8)13-15-7-4-2-3-5-9(7)21-13/h2-5H,6H2,1H3,(H3,14,16,17). The molecule has 3 heterocycles. The largest absolute Gasteiger partial charge is 0.383 e. The summed E-state index contributed by atoms with van der Waals surface area (Å²) in [5, 5.41) is 13.1. The Kier molecular flexibility index (Phi) is 2.66. The fourth-order valence-electron chi connectivity index (χ4n) is 2.32. The number of rotatable bonds is 3. The second-order valence-electron chi connectivity index (χ2n) is 4.59. The Bertz CT molecular complexity index is 904. The Hall–Kier alpha value is -2.45. The van der Waals surface area contributed by atoms with Crippen molar-refractivity contribution >= 4 is 38.4 Å². The highest BCUT2D eigenvalue weighted by Gasteiger charge is 2.19. The fourth-order valence-corrected chi connectivity index (χ4v) is 3.24. The van der Waals surface area contributed by atoms with Crippen molar-refractivity contribution in [1.82, 2.24) is 25.0 Å². The number of nitrogen functional groups attached to an aromatic ring is 1. The molecule has 4 rings (SSSR count). The van der Waals surface area contributed by atoms with E-state index < -0.39 is 0 Å². The second-order valence-corrected chi connectivity index (χ2v) is 5.60. The summed E-state index contributed by atoms with van der Waals surface area (Å²) >= 11 is 1.56. The quantitative estimate of drug-likeness (QED) is 0.604. The molecule has 1 aromatic carbocycles. The molecule has 0 fully saturated rings. The lowest BCUT2D eigenvalue weighted by atomic mass is 10.3. The van der Waals surface area contributed by atoms with Crippen LogP contribution in [0.1, 0.15) is 5.69 Å². The summed E-state index contributed by atoms with van der Waals surface area (Å²) in [5.41, 5.74) is 8.29. The van der Waals surface area contributed by atoms with Gasteiger partial charge in [-0.2, -0.15) is 14.9 Å². The van der Waals surface area contributed by atoms with Gasteiger partial charge in [0.05, 0.1) is 22.2 Å². The maximum Gasteiger partial charge on any atom is 0.213 e. The summed E-state index contributed by atoms with van der Waals surface area (Å²) in [5.74, 6) is 0.490. The number of ether oxygens (including phenoxy) is 1. The van der Waals surface area contributed by atoms with E-state index in [-0.39, 0.29) is 0 Å². The Balaban J connectivity index is 1.97. The molecule has 0 bridgehead atoms. The van der Waals surface area contributed by atoms with Crippen LogP contribution < -0.4 is 5.73 Å². The van der Waals surface area contributed by atoms with Gasteiger partial charge in [-0.05, 0) is 12.1 Å². The first-order valence-electron chi connectivity index (χ1n) is 6.34. The first kappa shape index (κ1) is 12.3. The molecular formula is C13H12N6OS. The number of fused-ring (bicyclic) bond motifs is 2. The third-order valence-electron chi connectivity index (χ3n) is 3.23. The van der Waals surface area contributed by atoms with Crippen LogP contribution in [0, 0.1) is 0 Å². The maximum atomic E-state index is 5.93. The zero-order valence-electron chi connectivity index (χ0n) is 11.2. The van der Waals surface area contributed by atoms with Crippen molar-refractivity contribution in [2.24, 2.45) is 0 Å². The van der Waals surface area contributed by atoms with Gasteiger partial charge in [-0.25, -0.2) is 4.98 Å². The van der Waals surface area contributed by atoms with Crippen molar-refractivity contribution in [2.75, 3.05) is 12.8 Å². The monoisotopic (exact) mass is 300 g/mol. The van der Waals surface area contributed by atoms with Gasteiger partial charge in [-0.1, -0.05) is 23.5 Å². The Morgan fingerprint density at radius 3 is 3.05 bits per heavy atom. The van der Waals surface area contributed by atoms with Gasteiger partial charge in [0.1, 0.15) is 11.5 Å². The average molecular weight is 300 g/mol. The molecular weight excluding hydrogens is 288 g/mol. The maximum absolute atomic E-state index is 5.93. The molecule has 8 heteroatoms. The van der Waals surface area contributed by atoms with Crippen LogP contribution in [0.25, 0.3) is 26.4 Å². The van der Waals surface area contributed by atoms with Gasteiger partial charge in [-0.15, -0.1) is 0 Å². The zero-order chi connectivity index (χ0) is 14.4. The summed E-state index contributed by atoms with van der Waals surface area (Å²) in [6.07, 6.45) is 0. The summed E-state index contributed by atoms with van der Waals surface area (Å²) in [7, 11) is 1.62. The Morgan fingerprint density at radius 1 is 1.38 bits per heavy atom. The second kappa shape index (κ2) is 4.54. The van der Waals surface area contributed by atoms with Crippen LogP contribution >= 0.6 is 11.3 Å². The van der Waals surface area contributed by atoms with E-state index in [0.717, 1.165) is 26.4 Å². The number of thiazole rings is 1. The Labute approximate surface area is 123 Å². The van der Waals surface area contributed by atoms with Gasteiger partial charge in [0, 0.05) is 7.11 Å². The van der Waals surface area contributed by atoms with Crippen LogP contribution in [-0.4, -0.2) is 32.1 Å². The zero-order valence-corrected chi connectivity index (χ0v) is 12.0. The predicted molar refractivity (Wildman–Crippen MR) is 81.5 cm³/mol. The normalized spacial score (nSPS) is 11.7. The predicted octanol–water partition coefficient (Wildman–Crippen LogP) is 2.09. The highest BCUT2D eigenvalue weighted by atomic mass is 32.1. The molecule has 0 aliphatic heterocycles. The molecule has 21 heavy (non-hydrogen) atoms. The number of para-hydroxylation sites is 1. The molecule has 0 atom stereocenters. The third-order valence-corrected chi connectivity index (χ3v) is 4.24. The number of benzene rings is 1. The number of H-pyrrole nitrogens is 1. The van der Waals surface area contributed by atoms with Crippen LogP contribution in [0.5, 0.6) is 0 Å². The van der Waals surface area contributed by atoms with Gasteiger partial charge >= 0.3 is 0 Å². The van der Waals surface area contributed by atoms with Crippen LogP contribution in [0.2, 0.25) is 0 Å². The first-order valence-corrected chi connectivity index (χ1v) is 7.16. The van der Waals surface area contributed by atoms with E-state index in [1.54, 1.807) is 23.1 Å². The molecule has 0 saturated carbocycles. The summed E-state index contributed by atoms with van der Waals surface area (Å²) in [6, 6.07) is 7.97. The molecule has 7 nitrogen and oxygen atoms in total. The van der Waals surface area contributed by atoms with Gasteiger partial charge in [0.2, 0.25) is 5.13 Å². The van der Waals surface area contributed by atoms with Gasteiger partial charge in [0.15, 0.2) is 5.65 Å².